The van der Waals surface area contributed by atoms with E-state index in [1.54, 1.807) is 12.1 Å². The molecule has 0 aliphatic rings. The highest BCUT2D eigenvalue weighted by Gasteiger charge is 2.21. The van der Waals surface area contributed by atoms with Crippen LogP contribution in [0.5, 0.6) is 0 Å². The molecule has 1 aromatic rings. The monoisotopic (exact) mass is 295 g/mol. The summed E-state index contributed by atoms with van der Waals surface area (Å²) in [7, 11) is 1.34. The van der Waals surface area contributed by atoms with Crippen LogP contribution >= 0.6 is 0 Å². The van der Waals surface area contributed by atoms with E-state index >= 15 is 0 Å². The van der Waals surface area contributed by atoms with E-state index in [1.165, 1.54) is 19.2 Å². The van der Waals surface area contributed by atoms with E-state index in [2.05, 4.69) is 10.1 Å². The number of carbonyl (C=O) groups excluding carboxylic acids is 2. The maximum absolute atomic E-state index is 13.0. The molecule has 0 radical (unpaired) electrons. The maximum Gasteiger partial charge on any atom is 0.305 e. The van der Waals surface area contributed by atoms with Gasteiger partial charge in [0.25, 0.3) is 0 Å². The zero-order valence-electron chi connectivity index (χ0n) is 12.7. The molecule has 1 aromatic carbocycles. The molecule has 0 aromatic heterocycles. The molecule has 0 heterocycles. The van der Waals surface area contributed by atoms with Crippen LogP contribution in [0.4, 0.5) is 4.39 Å². The van der Waals surface area contributed by atoms with E-state index in [4.69, 9.17) is 0 Å². The molecule has 0 fully saturated rings. The number of hydrogen-bond acceptors (Lipinski definition) is 3. The van der Waals surface area contributed by atoms with E-state index in [1.807, 2.05) is 13.8 Å². The highest BCUT2D eigenvalue weighted by Crippen LogP contribution is 2.13. The predicted molar refractivity (Wildman–Crippen MR) is 78.2 cm³/mol. The van der Waals surface area contributed by atoms with Crippen molar-refractivity contribution in [3.63, 3.8) is 0 Å². The zero-order valence-corrected chi connectivity index (χ0v) is 12.7. The van der Waals surface area contributed by atoms with Crippen LogP contribution in [0.3, 0.4) is 0 Å². The van der Waals surface area contributed by atoms with E-state index in [-0.39, 0.29) is 30.5 Å². The fourth-order valence-corrected chi connectivity index (χ4v) is 1.97. The van der Waals surface area contributed by atoms with Gasteiger partial charge in [0.05, 0.1) is 7.11 Å². The third-order valence-electron chi connectivity index (χ3n) is 3.19. The van der Waals surface area contributed by atoms with Crippen LogP contribution in [0.25, 0.3) is 0 Å². The quantitative estimate of drug-likeness (QED) is 0.787. The first-order valence-electron chi connectivity index (χ1n) is 6.95. The first kappa shape index (κ1) is 17.1. The van der Waals surface area contributed by atoms with Crippen LogP contribution in [0, 0.1) is 5.82 Å². The average Bonchev–Trinajstić information content (AvgIpc) is 2.42. The van der Waals surface area contributed by atoms with Crippen LogP contribution in [0.1, 0.15) is 38.7 Å². The van der Waals surface area contributed by atoms with Crippen molar-refractivity contribution in [2.45, 2.75) is 45.1 Å². The number of ether oxygens (including phenoxy) is 1. The molecule has 4 nitrogen and oxygen atoms in total. The molecule has 21 heavy (non-hydrogen) atoms. The third-order valence-corrected chi connectivity index (χ3v) is 3.19. The van der Waals surface area contributed by atoms with Crippen LogP contribution in [-0.2, 0) is 20.7 Å². The lowest BCUT2D eigenvalue weighted by molar-refractivity contribution is -0.141. The Hall–Kier alpha value is -1.91. The minimum Gasteiger partial charge on any atom is -0.469 e. The van der Waals surface area contributed by atoms with Crippen molar-refractivity contribution in [1.82, 2.24) is 5.32 Å². The number of aryl methyl sites for hydroxylation is 1. The summed E-state index contributed by atoms with van der Waals surface area (Å²) in [6.45, 7) is 3.71. The Morgan fingerprint density at radius 1 is 1.29 bits per heavy atom. The molecular weight excluding hydrogens is 273 g/mol. The first-order valence-corrected chi connectivity index (χ1v) is 6.95. The minimum absolute atomic E-state index is 0.117. The van der Waals surface area contributed by atoms with Gasteiger partial charge in [-0.25, -0.2) is 4.39 Å². The lowest BCUT2D eigenvalue weighted by Gasteiger charge is -2.26. The molecule has 0 saturated carbocycles. The van der Waals surface area contributed by atoms with E-state index in [9.17, 15) is 14.0 Å². The Morgan fingerprint density at radius 3 is 2.62 bits per heavy atom. The Bertz CT molecular complexity index is 500. The van der Waals surface area contributed by atoms with E-state index in [0.717, 1.165) is 5.56 Å². The Labute approximate surface area is 124 Å². The molecule has 0 bridgehead atoms. The SMILES string of the molecule is COC(=O)CCC(C)(C)NC(=O)CCc1cccc(F)c1. The molecule has 0 atom stereocenters. The summed E-state index contributed by atoms with van der Waals surface area (Å²) in [6.07, 6.45) is 1.53. The van der Waals surface area contributed by atoms with Crippen molar-refractivity contribution in [1.29, 1.82) is 0 Å². The Morgan fingerprint density at radius 2 is 2.00 bits per heavy atom. The van der Waals surface area contributed by atoms with Crippen molar-refractivity contribution in [2.24, 2.45) is 0 Å². The topological polar surface area (TPSA) is 55.4 Å². The summed E-state index contributed by atoms with van der Waals surface area (Å²) in [4.78, 5) is 23.0. The number of benzene rings is 1. The predicted octanol–water partition coefficient (Wildman–Crippen LogP) is 2.61. The van der Waals surface area contributed by atoms with Crippen LogP contribution < -0.4 is 5.32 Å². The van der Waals surface area contributed by atoms with Gasteiger partial charge in [0.2, 0.25) is 5.91 Å². The molecule has 0 aliphatic heterocycles. The summed E-state index contributed by atoms with van der Waals surface area (Å²) >= 11 is 0. The fourth-order valence-electron chi connectivity index (χ4n) is 1.97. The van der Waals surface area contributed by atoms with Gasteiger partial charge in [-0.05, 0) is 44.4 Å². The van der Waals surface area contributed by atoms with E-state index in [0.29, 0.717) is 12.8 Å². The highest BCUT2D eigenvalue weighted by molar-refractivity contribution is 5.77. The number of methoxy groups -OCH3 is 1. The first-order chi connectivity index (χ1) is 9.82. The standard InChI is InChI=1S/C16H22FNO3/c1-16(2,10-9-15(20)21-3)18-14(19)8-7-12-5-4-6-13(17)11-12/h4-6,11H,7-10H2,1-3H3,(H,18,19). The fraction of sp³-hybridized carbons (Fsp3) is 0.500. The van der Waals surface area contributed by atoms with E-state index < -0.39 is 5.54 Å². The molecule has 5 heteroatoms. The van der Waals surface area contributed by atoms with Crippen molar-refractivity contribution >= 4 is 11.9 Å². The second-order valence-corrected chi connectivity index (χ2v) is 5.64. The second-order valence-electron chi connectivity index (χ2n) is 5.64. The maximum atomic E-state index is 13.0. The number of carbonyl (C=O) groups is 2. The van der Waals surface area contributed by atoms with Gasteiger partial charge in [-0.2, -0.15) is 0 Å². The van der Waals surface area contributed by atoms with Gasteiger partial charge in [0, 0.05) is 18.4 Å². The Kier molecular flexibility index (Phi) is 6.34. The van der Waals surface area contributed by atoms with Gasteiger partial charge in [-0.3, -0.25) is 9.59 Å². The van der Waals surface area contributed by atoms with Crippen LogP contribution in [0.15, 0.2) is 24.3 Å². The molecule has 0 aliphatic carbocycles. The molecule has 1 N–H and O–H groups in total. The van der Waals surface area contributed by atoms with Gasteiger partial charge in [-0.15, -0.1) is 0 Å². The largest absolute Gasteiger partial charge is 0.469 e. The summed E-state index contributed by atoms with van der Waals surface area (Å²) in [6, 6.07) is 6.22. The van der Waals surface area contributed by atoms with Crippen molar-refractivity contribution < 1.29 is 18.7 Å². The zero-order chi connectivity index (χ0) is 15.9. The number of hydrogen-bond donors (Lipinski definition) is 1. The highest BCUT2D eigenvalue weighted by atomic mass is 19.1. The lowest BCUT2D eigenvalue weighted by atomic mass is 9.98. The second kappa shape index (κ2) is 7.76. The van der Waals surface area contributed by atoms with Gasteiger partial charge in [0.1, 0.15) is 5.82 Å². The molecule has 116 valence electrons. The number of amides is 1. The van der Waals surface area contributed by atoms with Crippen molar-refractivity contribution in [3.05, 3.63) is 35.6 Å². The molecule has 0 saturated heterocycles. The summed E-state index contributed by atoms with van der Waals surface area (Å²) in [5.41, 5.74) is 0.310. The normalized spacial score (nSPS) is 11.0. The lowest BCUT2D eigenvalue weighted by Crippen LogP contribution is -2.43. The smallest absolute Gasteiger partial charge is 0.305 e. The minimum atomic E-state index is -0.479. The number of halogens is 1. The van der Waals surface area contributed by atoms with Crippen LogP contribution in [0.2, 0.25) is 0 Å². The van der Waals surface area contributed by atoms with Gasteiger partial charge < -0.3 is 10.1 Å². The summed E-state index contributed by atoms with van der Waals surface area (Å²) in [5, 5.41) is 2.88. The molecule has 1 amide bonds. The average molecular weight is 295 g/mol. The third kappa shape index (κ3) is 6.88. The molecular formula is C16H22FNO3. The van der Waals surface area contributed by atoms with Crippen LogP contribution in [-0.4, -0.2) is 24.5 Å². The summed E-state index contributed by atoms with van der Waals surface area (Å²) < 4.78 is 17.6. The Balaban J connectivity index is 2.40. The summed E-state index contributed by atoms with van der Waals surface area (Å²) in [5.74, 6) is -0.711. The van der Waals surface area contributed by atoms with Crippen molar-refractivity contribution in [3.8, 4) is 0 Å². The molecule has 0 unspecified atom stereocenters. The number of esters is 1. The van der Waals surface area contributed by atoms with Gasteiger partial charge in [0.15, 0.2) is 0 Å². The van der Waals surface area contributed by atoms with Gasteiger partial charge in [-0.1, -0.05) is 12.1 Å². The van der Waals surface area contributed by atoms with Crippen molar-refractivity contribution in [2.75, 3.05) is 7.11 Å². The molecule has 1 rings (SSSR count). The number of nitrogens with one attached hydrogen (secondary N) is 1. The molecule has 0 spiro atoms. The number of rotatable bonds is 7. The van der Waals surface area contributed by atoms with Gasteiger partial charge >= 0.3 is 5.97 Å².